The van der Waals surface area contributed by atoms with Gasteiger partial charge < -0.3 is 14.8 Å². The average Bonchev–Trinajstić information content (AvgIpc) is 3.02. The predicted octanol–water partition coefficient (Wildman–Crippen LogP) is 2.56. The summed E-state index contributed by atoms with van der Waals surface area (Å²) in [6.45, 7) is 4.79. The zero-order chi connectivity index (χ0) is 18.4. The topological polar surface area (TPSA) is 56.4 Å². The van der Waals surface area contributed by atoms with Crippen molar-refractivity contribution in [2.24, 2.45) is 0 Å². The van der Waals surface area contributed by atoms with Crippen LogP contribution in [-0.2, 0) is 22.4 Å². The number of nitrogens with one attached hydrogen (secondary N) is 1. The van der Waals surface area contributed by atoms with E-state index >= 15 is 0 Å². The van der Waals surface area contributed by atoms with E-state index in [1.165, 1.54) is 11.1 Å². The number of nitrogens with zero attached hydrogens (tertiary/aromatic N) is 2. The van der Waals surface area contributed by atoms with Crippen LogP contribution in [0.2, 0.25) is 0 Å². The van der Waals surface area contributed by atoms with E-state index in [9.17, 15) is 9.59 Å². The van der Waals surface area contributed by atoms with Gasteiger partial charge in [-0.05, 0) is 43.0 Å². The van der Waals surface area contributed by atoms with Crippen LogP contribution in [0, 0.1) is 6.92 Å². The van der Waals surface area contributed by atoms with E-state index in [0.29, 0.717) is 25.9 Å². The molecule has 5 heteroatoms. The molecule has 138 valence electrons. The second kappa shape index (κ2) is 8.70. The molecular weight excluding hydrogens is 326 g/mol. The van der Waals surface area contributed by atoms with Crippen LogP contribution in [0.3, 0.4) is 0 Å². The van der Waals surface area contributed by atoms with Crippen molar-refractivity contribution in [1.29, 1.82) is 0 Å². The van der Waals surface area contributed by atoms with E-state index in [-0.39, 0.29) is 11.8 Å². The molecule has 0 atom stereocenters. The lowest BCUT2D eigenvalue weighted by Crippen LogP contribution is -2.38. The summed E-state index contributed by atoms with van der Waals surface area (Å²) in [5.74, 6) is 0.313. The van der Waals surface area contributed by atoms with Crippen molar-refractivity contribution in [3.8, 4) is 0 Å². The molecule has 3 rings (SSSR count). The second-order valence-corrected chi connectivity index (χ2v) is 6.91. The first-order valence-corrected chi connectivity index (χ1v) is 9.36. The first kappa shape index (κ1) is 18.2. The normalized spacial score (nSPS) is 15.0. The van der Waals surface area contributed by atoms with Crippen LogP contribution in [0.5, 0.6) is 0 Å². The molecule has 2 amide bonds. The molecule has 0 spiro atoms. The lowest BCUT2D eigenvalue weighted by molar-refractivity contribution is -0.133. The van der Waals surface area contributed by atoms with E-state index in [1.807, 2.05) is 40.3 Å². The Morgan fingerprint density at radius 3 is 2.38 bits per heavy atom. The first-order chi connectivity index (χ1) is 12.6. The molecule has 2 heterocycles. The van der Waals surface area contributed by atoms with Gasteiger partial charge in [0.15, 0.2) is 0 Å². The third-order valence-electron chi connectivity index (χ3n) is 5.07. The molecule has 0 aliphatic carbocycles. The second-order valence-electron chi connectivity index (χ2n) is 6.91. The molecule has 2 aromatic rings. The van der Waals surface area contributed by atoms with E-state index in [0.717, 1.165) is 31.6 Å². The number of H-pyrrole nitrogens is 1. The summed E-state index contributed by atoms with van der Waals surface area (Å²) >= 11 is 0. The Hall–Kier alpha value is -2.56. The van der Waals surface area contributed by atoms with Gasteiger partial charge in [0, 0.05) is 44.5 Å². The molecule has 1 aliphatic heterocycles. The van der Waals surface area contributed by atoms with Crippen LogP contribution < -0.4 is 0 Å². The number of aryl methyl sites for hydroxylation is 2. The van der Waals surface area contributed by atoms with Crippen LogP contribution in [0.25, 0.3) is 0 Å². The summed E-state index contributed by atoms with van der Waals surface area (Å²) in [5.41, 5.74) is 3.40. The fourth-order valence-electron chi connectivity index (χ4n) is 3.46. The maximum atomic E-state index is 12.6. The summed E-state index contributed by atoms with van der Waals surface area (Å²) in [4.78, 5) is 31.9. The third-order valence-corrected chi connectivity index (χ3v) is 5.07. The quantitative estimate of drug-likeness (QED) is 0.898. The van der Waals surface area contributed by atoms with Gasteiger partial charge in [-0.3, -0.25) is 9.59 Å². The van der Waals surface area contributed by atoms with Crippen molar-refractivity contribution in [3.05, 3.63) is 59.4 Å². The number of amides is 2. The predicted molar refractivity (Wildman–Crippen MR) is 102 cm³/mol. The van der Waals surface area contributed by atoms with Crippen molar-refractivity contribution in [2.45, 2.75) is 32.6 Å². The van der Waals surface area contributed by atoms with Crippen molar-refractivity contribution in [1.82, 2.24) is 14.8 Å². The summed E-state index contributed by atoms with van der Waals surface area (Å²) < 4.78 is 0. The highest BCUT2D eigenvalue weighted by molar-refractivity contribution is 5.79. The Labute approximate surface area is 155 Å². The molecule has 0 bridgehead atoms. The number of carbonyl (C=O) groups is 2. The van der Waals surface area contributed by atoms with Gasteiger partial charge in [-0.1, -0.05) is 24.3 Å². The smallest absolute Gasteiger partial charge is 0.228 e. The number of hydrogen-bond donors (Lipinski definition) is 1. The van der Waals surface area contributed by atoms with Gasteiger partial charge in [-0.15, -0.1) is 0 Å². The third kappa shape index (κ3) is 4.75. The van der Waals surface area contributed by atoms with Gasteiger partial charge >= 0.3 is 0 Å². The number of hydrogen-bond acceptors (Lipinski definition) is 2. The lowest BCUT2D eigenvalue weighted by Gasteiger charge is -2.22. The first-order valence-electron chi connectivity index (χ1n) is 9.36. The highest BCUT2D eigenvalue weighted by atomic mass is 16.2. The van der Waals surface area contributed by atoms with Gasteiger partial charge in [0.05, 0.1) is 6.42 Å². The van der Waals surface area contributed by atoms with E-state index in [1.54, 1.807) is 0 Å². The maximum absolute atomic E-state index is 12.6. The van der Waals surface area contributed by atoms with Gasteiger partial charge in [-0.25, -0.2) is 0 Å². The summed E-state index contributed by atoms with van der Waals surface area (Å²) in [6.07, 6.45) is 4.37. The highest BCUT2D eigenvalue weighted by Crippen LogP contribution is 2.12. The Balaban J connectivity index is 1.49. The molecule has 1 aromatic heterocycles. The minimum absolute atomic E-state index is 0.127. The van der Waals surface area contributed by atoms with Crippen LogP contribution in [0.15, 0.2) is 42.6 Å². The zero-order valence-electron chi connectivity index (χ0n) is 15.4. The summed E-state index contributed by atoms with van der Waals surface area (Å²) in [6, 6.07) is 12.0. The number of benzene rings is 1. The molecule has 0 radical (unpaired) electrons. The largest absolute Gasteiger partial charge is 0.365 e. The number of carbonyl (C=O) groups excluding carboxylic acids is 2. The molecule has 5 nitrogen and oxygen atoms in total. The van der Waals surface area contributed by atoms with Crippen molar-refractivity contribution in [3.63, 3.8) is 0 Å². The Bertz CT molecular complexity index is 739. The minimum atomic E-state index is 0.127. The van der Waals surface area contributed by atoms with E-state index in [2.05, 4.69) is 24.0 Å². The summed E-state index contributed by atoms with van der Waals surface area (Å²) in [7, 11) is 0. The van der Waals surface area contributed by atoms with E-state index < -0.39 is 0 Å². The van der Waals surface area contributed by atoms with Gasteiger partial charge in [0.1, 0.15) is 0 Å². The van der Waals surface area contributed by atoms with Crippen LogP contribution in [0.4, 0.5) is 0 Å². The van der Waals surface area contributed by atoms with Crippen molar-refractivity contribution in [2.75, 3.05) is 26.2 Å². The molecule has 1 N–H and O–H groups in total. The Morgan fingerprint density at radius 1 is 0.962 bits per heavy atom. The molecule has 0 saturated carbocycles. The van der Waals surface area contributed by atoms with E-state index in [4.69, 9.17) is 0 Å². The number of aromatic nitrogens is 1. The lowest BCUT2D eigenvalue weighted by atomic mass is 10.0. The Kier molecular flexibility index (Phi) is 6.10. The van der Waals surface area contributed by atoms with Gasteiger partial charge in [0.2, 0.25) is 11.8 Å². The fraction of sp³-hybridized carbons (Fsp3) is 0.429. The monoisotopic (exact) mass is 353 g/mol. The molecule has 1 aliphatic rings. The molecule has 1 fully saturated rings. The maximum Gasteiger partial charge on any atom is 0.228 e. The number of rotatable bonds is 5. The fourth-order valence-corrected chi connectivity index (χ4v) is 3.46. The van der Waals surface area contributed by atoms with Crippen LogP contribution in [0.1, 0.15) is 29.7 Å². The minimum Gasteiger partial charge on any atom is -0.365 e. The van der Waals surface area contributed by atoms with Crippen molar-refractivity contribution < 1.29 is 9.59 Å². The highest BCUT2D eigenvalue weighted by Gasteiger charge is 2.22. The average molecular weight is 353 g/mol. The van der Waals surface area contributed by atoms with Crippen LogP contribution >= 0.6 is 0 Å². The SMILES string of the molecule is Cc1ccccc1CCC(=O)N1CCCN(C(=O)Cc2ccc[nH]2)CC1. The number of aromatic amines is 1. The van der Waals surface area contributed by atoms with Crippen LogP contribution in [-0.4, -0.2) is 52.8 Å². The van der Waals surface area contributed by atoms with Crippen molar-refractivity contribution >= 4 is 11.8 Å². The molecule has 0 unspecified atom stereocenters. The van der Waals surface area contributed by atoms with Gasteiger partial charge in [-0.2, -0.15) is 0 Å². The molecule has 1 aromatic carbocycles. The zero-order valence-corrected chi connectivity index (χ0v) is 15.4. The Morgan fingerprint density at radius 2 is 1.69 bits per heavy atom. The molecular formula is C21H27N3O2. The molecule has 26 heavy (non-hydrogen) atoms. The molecule has 1 saturated heterocycles. The standard InChI is InChI=1S/C21H27N3O2/c1-17-6-2-3-7-18(17)9-10-20(25)23-12-5-13-24(15-14-23)21(26)16-19-8-4-11-22-19/h2-4,6-8,11,22H,5,9-10,12-16H2,1H3. The van der Waals surface area contributed by atoms with Gasteiger partial charge in [0.25, 0.3) is 0 Å². The summed E-state index contributed by atoms with van der Waals surface area (Å²) in [5, 5.41) is 0.